The van der Waals surface area contributed by atoms with E-state index in [1.807, 2.05) is 18.2 Å². The number of hydrogen-bond acceptors (Lipinski definition) is 5. The number of benzene rings is 2. The molecule has 182 valence electrons. The first-order valence-corrected chi connectivity index (χ1v) is 12.5. The van der Waals surface area contributed by atoms with Crippen LogP contribution in [0.3, 0.4) is 0 Å². The minimum atomic E-state index is -0.489. The number of carbonyl (C=O) groups is 2. The SMILES string of the molecule is NC(=O)C1=CC(c2ccc(Cl)c(Cl)c2)=CC2c3cc(C(=O)NCCN4CCNCC4)ccc3NC12. The lowest BCUT2D eigenvalue weighted by molar-refractivity contribution is -0.114. The Morgan fingerprint density at radius 1 is 1.09 bits per heavy atom. The van der Waals surface area contributed by atoms with Crippen molar-refractivity contribution in [3.8, 4) is 0 Å². The van der Waals surface area contributed by atoms with Crippen molar-refractivity contribution >= 4 is 46.3 Å². The van der Waals surface area contributed by atoms with Gasteiger partial charge in [0, 0.05) is 62.0 Å². The molecule has 2 atom stereocenters. The third-order valence-electron chi connectivity index (χ3n) is 6.81. The van der Waals surface area contributed by atoms with Crippen molar-refractivity contribution in [3.05, 3.63) is 80.9 Å². The van der Waals surface area contributed by atoms with Crippen LogP contribution in [0.1, 0.15) is 27.4 Å². The first kappa shape index (κ1) is 23.9. The standard InChI is InChI=1S/C26H27Cl2N5O2/c27-21-3-1-15(14-22(21)28)17-12-19-18-11-16(26(35)31-7-10-33-8-5-30-6-9-33)2-4-23(18)32-24(19)20(13-17)25(29)34/h1-4,11-14,19,24,30,32H,5-10H2,(H2,29,34)(H,31,35). The molecule has 2 aromatic carbocycles. The highest BCUT2D eigenvalue weighted by Crippen LogP contribution is 2.45. The molecule has 5 rings (SSSR count). The molecule has 35 heavy (non-hydrogen) atoms. The molecule has 0 aromatic heterocycles. The molecule has 0 radical (unpaired) electrons. The predicted octanol–water partition coefficient (Wildman–Crippen LogP) is 3.02. The Morgan fingerprint density at radius 3 is 2.63 bits per heavy atom. The minimum Gasteiger partial charge on any atom is -0.377 e. The Labute approximate surface area is 214 Å². The van der Waals surface area contributed by atoms with Crippen molar-refractivity contribution in [2.24, 2.45) is 5.73 Å². The number of rotatable bonds is 6. The maximum absolute atomic E-state index is 12.9. The van der Waals surface area contributed by atoms with E-state index in [2.05, 4.69) is 26.9 Å². The summed E-state index contributed by atoms with van der Waals surface area (Å²) >= 11 is 12.3. The quantitative estimate of drug-likeness (QED) is 0.477. The second-order valence-electron chi connectivity index (χ2n) is 9.01. The smallest absolute Gasteiger partial charge is 0.251 e. The molecule has 3 aliphatic rings. The second-order valence-corrected chi connectivity index (χ2v) is 9.83. The molecule has 5 N–H and O–H groups in total. The monoisotopic (exact) mass is 511 g/mol. The number of anilines is 1. The molecule has 9 heteroatoms. The van der Waals surface area contributed by atoms with Crippen molar-refractivity contribution in [3.63, 3.8) is 0 Å². The summed E-state index contributed by atoms with van der Waals surface area (Å²) in [4.78, 5) is 27.6. The van der Waals surface area contributed by atoms with Gasteiger partial charge in [0.25, 0.3) is 5.91 Å². The molecule has 0 saturated carbocycles. The number of nitrogens with zero attached hydrogens (tertiary/aromatic N) is 1. The number of primary amides is 1. The average molecular weight is 512 g/mol. The van der Waals surface area contributed by atoms with E-state index in [1.54, 1.807) is 24.3 Å². The van der Waals surface area contributed by atoms with Gasteiger partial charge in [-0.05, 0) is 53.1 Å². The van der Waals surface area contributed by atoms with Gasteiger partial charge in [-0.2, -0.15) is 0 Å². The molecule has 1 aliphatic carbocycles. The molecule has 1 fully saturated rings. The van der Waals surface area contributed by atoms with E-state index in [0.29, 0.717) is 27.7 Å². The number of nitrogens with one attached hydrogen (secondary N) is 3. The summed E-state index contributed by atoms with van der Waals surface area (Å²) in [5.74, 6) is -0.756. The zero-order chi connectivity index (χ0) is 24.5. The van der Waals surface area contributed by atoms with Gasteiger partial charge in [-0.1, -0.05) is 35.3 Å². The van der Waals surface area contributed by atoms with Crippen LogP contribution < -0.4 is 21.7 Å². The summed E-state index contributed by atoms with van der Waals surface area (Å²) in [6.45, 7) is 5.37. The van der Waals surface area contributed by atoms with Crippen LogP contribution in [-0.2, 0) is 4.79 Å². The molecular formula is C26H27Cl2N5O2. The Balaban J connectivity index is 1.38. The summed E-state index contributed by atoms with van der Waals surface area (Å²) in [5.41, 5.74) is 10.3. The van der Waals surface area contributed by atoms with Gasteiger partial charge in [-0.25, -0.2) is 0 Å². The number of halogens is 2. The zero-order valence-corrected chi connectivity index (χ0v) is 20.6. The highest BCUT2D eigenvalue weighted by molar-refractivity contribution is 6.42. The van der Waals surface area contributed by atoms with Crippen LogP contribution in [0.25, 0.3) is 5.57 Å². The van der Waals surface area contributed by atoms with E-state index in [9.17, 15) is 9.59 Å². The van der Waals surface area contributed by atoms with Crippen LogP contribution in [0.5, 0.6) is 0 Å². The minimum absolute atomic E-state index is 0.110. The molecule has 2 aromatic rings. The highest BCUT2D eigenvalue weighted by Gasteiger charge is 2.38. The first-order chi connectivity index (χ1) is 16.9. The van der Waals surface area contributed by atoms with Crippen molar-refractivity contribution in [2.45, 2.75) is 12.0 Å². The molecule has 1 saturated heterocycles. The van der Waals surface area contributed by atoms with Gasteiger partial charge in [0.05, 0.1) is 16.1 Å². The van der Waals surface area contributed by atoms with Crippen molar-refractivity contribution < 1.29 is 9.59 Å². The fourth-order valence-electron chi connectivity index (χ4n) is 4.95. The fraction of sp³-hybridized carbons (Fsp3) is 0.308. The Morgan fingerprint density at radius 2 is 1.89 bits per heavy atom. The van der Waals surface area contributed by atoms with E-state index in [0.717, 1.165) is 55.1 Å². The van der Waals surface area contributed by atoms with E-state index in [-0.39, 0.29) is 17.9 Å². The van der Waals surface area contributed by atoms with Gasteiger partial charge in [0.2, 0.25) is 5.91 Å². The van der Waals surface area contributed by atoms with Gasteiger partial charge < -0.3 is 21.7 Å². The largest absolute Gasteiger partial charge is 0.377 e. The number of piperazine rings is 1. The topological polar surface area (TPSA) is 99.5 Å². The predicted molar refractivity (Wildman–Crippen MR) is 140 cm³/mol. The normalized spacial score (nSPS) is 21.3. The van der Waals surface area contributed by atoms with Gasteiger partial charge in [0.15, 0.2) is 0 Å². The van der Waals surface area contributed by atoms with Gasteiger partial charge in [-0.15, -0.1) is 0 Å². The first-order valence-electron chi connectivity index (χ1n) is 11.7. The molecule has 0 bridgehead atoms. The molecule has 2 amide bonds. The van der Waals surface area contributed by atoms with Crippen LogP contribution in [0, 0.1) is 0 Å². The Hall–Kier alpha value is -2.84. The lowest BCUT2D eigenvalue weighted by atomic mass is 9.81. The molecule has 0 spiro atoms. The maximum Gasteiger partial charge on any atom is 0.251 e. The third kappa shape index (κ3) is 4.95. The Bertz CT molecular complexity index is 1240. The number of amides is 2. The van der Waals surface area contributed by atoms with E-state index in [1.165, 1.54) is 0 Å². The number of allylic oxidation sites excluding steroid dienone is 2. The molecule has 7 nitrogen and oxygen atoms in total. The summed E-state index contributed by atoms with van der Waals surface area (Å²) in [7, 11) is 0. The van der Waals surface area contributed by atoms with E-state index in [4.69, 9.17) is 28.9 Å². The van der Waals surface area contributed by atoms with Crippen LogP contribution in [0.4, 0.5) is 5.69 Å². The summed E-state index contributed by atoms with van der Waals surface area (Å²) in [6, 6.07) is 10.7. The average Bonchev–Trinajstić information content (AvgIpc) is 3.23. The Kier molecular flexibility index (Phi) is 6.84. The number of fused-ring (bicyclic) bond motifs is 3. The maximum atomic E-state index is 12.9. The van der Waals surface area contributed by atoms with E-state index >= 15 is 0 Å². The van der Waals surface area contributed by atoms with Crippen LogP contribution in [0.2, 0.25) is 10.0 Å². The molecule has 2 aliphatic heterocycles. The van der Waals surface area contributed by atoms with E-state index < -0.39 is 5.91 Å². The third-order valence-corrected chi connectivity index (χ3v) is 7.55. The zero-order valence-electron chi connectivity index (χ0n) is 19.1. The summed E-state index contributed by atoms with van der Waals surface area (Å²) in [6.07, 6.45) is 3.88. The van der Waals surface area contributed by atoms with Crippen molar-refractivity contribution in [2.75, 3.05) is 44.6 Å². The summed E-state index contributed by atoms with van der Waals surface area (Å²) in [5, 5.41) is 10.7. The number of nitrogens with two attached hydrogens (primary N) is 1. The fourth-order valence-corrected chi connectivity index (χ4v) is 5.25. The van der Waals surface area contributed by atoms with Gasteiger partial charge in [0.1, 0.15) is 0 Å². The number of hydrogen-bond donors (Lipinski definition) is 4. The molecule has 2 unspecified atom stereocenters. The van der Waals surface area contributed by atoms with Crippen LogP contribution in [-0.4, -0.2) is 62.0 Å². The van der Waals surface area contributed by atoms with Crippen LogP contribution in [0.15, 0.2) is 54.1 Å². The lowest BCUT2D eigenvalue weighted by Crippen LogP contribution is -2.46. The second kappa shape index (κ2) is 10.0. The highest BCUT2D eigenvalue weighted by atomic mass is 35.5. The lowest BCUT2D eigenvalue weighted by Gasteiger charge is -2.27. The van der Waals surface area contributed by atoms with Crippen molar-refractivity contribution in [1.82, 2.24) is 15.5 Å². The number of carbonyl (C=O) groups excluding carboxylic acids is 2. The van der Waals surface area contributed by atoms with Gasteiger partial charge in [-0.3, -0.25) is 14.5 Å². The van der Waals surface area contributed by atoms with Crippen LogP contribution >= 0.6 is 23.2 Å². The van der Waals surface area contributed by atoms with Crippen molar-refractivity contribution in [1.29, 1.82) is 0 Å². The van der Waals surface area contributed by atoms with Gasteiger partial charge >= 0.3 is 0 Å². The summed E-state index contributed by atoms with van der Waals surface area (Å²) < 4.78 is 0. The molecule has 2 heterocycles. The molecular weight excluding hydrogens is 485 g/mol.